The van der Waals surface area contributed by atoms with Gasteiger partial charge >= 0.3 is 5.97 Å². The first-order valence-electron chi connectivity index (χ1n) is 25.6. The lowest BCUT2D eigenvalue weighted by molar-refractivity contribution is -0.151. The largest absolute Gasteiger partial charge is 0.462 e. The van der Waals surface area contributed by atoms with Gasteiger partial charge in [0.1, 0.15) is 6.10 Å². The van der Waals surface area contributed by atoms with Crippen molar-refractivity contribution in [1.29, 1.82) is 0 Å². The topological polar surface area (TPSA) is 95.9 Å². The Morgan fingerprint density at radius 2 is 0.917 bits per heavy atom. The zero-order chi connectivity index (χ0) is 43.8. The van der Waals surface area contributed by atoms with Crippen molar-refractivity contribution in [1.82, 2.24) is 5.32 Å². The third-order valence-electron chi connectivity index (χ3n) is 11.4. The summed E-state index contributed by atoms with van der Waals surface area (Å²) in [5.41, 5.74) is 0. The molecule has 0 aliphatic rings. The van der Waals surface area contributed by atoms with Gasteiger partial charge in [0.05, 0.1) is 25.2 Å². The molecule has 60 heavy (non-hydrogen) atoms. The van der Waals surface area contributed by atoms with Gasteiger partial charge in [0.2, 0.25) is 5.91 Å². The van der Waals surface area contributed by atoms with Crippen LogP contribution >= 0.6 is 0 Å². The molecule has 0 aliphatic heterocycles. The lowest BCUT2D eigenvalue weighted by Gasteiger charge is -2.24. The van der Waals surface area contributed by atoms with Gasteiger partial charge in [-0.2, -0.15) is 0 Å². The van der Waals surface area contributed by atoms with E-state index in [2.05, 4.69) is 68.6 Å². The van der Waals surface area contributed by atoms with Crippen LogP contribution in [-0.2, 0) is 14.3 Å². The number of amides is 1. The second kappa shape index (κ2) is 47.6. The Bertz CT molecular complexity index is 1080. The van der Waals surface area contributed by atoms with Gasteiger partial charge in [-0.25, -0.2) is 0 Å². The van der Waals surface area contributed by atoms with Crippen molar-refractivity contribution < 1.29 is 24.5 Å². The van der Waals surface area contributed by atoms with Crippen LogP contribution in [0.5, 0.6) is 0 Å². The van der Waals surface area contributed by atoms with Crippen LogP contribution in [0.4, 0.5) is 0 Å². The van der Waals surface area contributed by atoms with Gasteiger partial charge in [-0.1, -0.05) is 223 Å². The van der Waals surface area contributed by atoms with Crippen LogP contribution in [0.1, 0.15) is 245 Å². The van der Waals surface area contributed by atoms with Crippen molar-refractivity contribution in [2.75, 3.05) is 6.61 Å². The average Bonchev–Trinajstić information content (AvgIpc) is 3.24. The molecule has 0 aliphatic carbocycles. The van der Waals surface area contributed by atoms with Crippen molar-refractivity contribution in [2.45, 2.75) is 264 Å². The highest BCUT2D eigenvalue weighted by Crippen LogP contribution is 2.17. The number of rotatable bonds is 45. The summed E-state index contributed by atoms with van der Waals surface area (Å²) in [6.45, 7) is 6.31. The summed E-state index contributed by atoms with van der Waals surface area (Å²) in [6, 6.07) is -0.712. The van der Waals surface area contributed by atoms with Crippen molar-refractivity contribution >= 4 is 11.9 Å². The minimum atomic E-state index is -0.796. The Hall–Kier alpha value is -2.44. The van der Waals surface area contributed by atoms with Crippen LogP contribution in [0.15, 0.2) is 60.8 Å². The molecule has 0 radical (unpaired) electrons. The van der Waals surface area contributed by atoms with E-state index in [1.54, 1.807) is 0 Å². The van der Waals surface area contributed by atoms with E-state index in [1.807, 2.05) is 18.2 Å². The molecule has 3 unspecified atom stereocenters. The normalized spacial score (nSPS) is 13.8. The Balaban J connectivity index is 4.52. The molecule has 0 saturated heterocycles. The minimum Gasteiger partial charge on any atom is -0.462 e. The van der Waals surface area contributed by atoms with E-state index in [1.165, 1.54) is 103 Å². The van der Waals surface area contributed by atoms with E-state index >= 15 is 0 Å². The molecule has 0 bridgehead atoms. The third-order valence-corrected chi connectivity index (χ3v) is 11.4. The van der Waals surface area contributed by atoms with Gasteiger partial charge in [-0.3, -0.25) is 9.59 Å². The number of carbonyl (C=O) groups is 2. The van der Waals surface area contributed by atoms with Crippen LogP contribution < -0.4 is 5.32 Å². The van der Waals surface area contributed by atoms with Crippen LogP contribution in [0.2, 0.25) is 0 Å². The second-order valence-electron chi connectivity index (χ2n) is 17.3. The summed E-state index contributed by atoms with van der Waals surface area (Å²) in [7, 11) is 0. The lowest BCUT2D eigenvalue weighted by Crippen LogP contribution is -2.46. The summed E-state index contributed by atoms with van der Waals surface area (Å²) in [5, 5.41) is 23.8. The van der Waals surface area contributed by atoms with Crippen LogP contribution in [-0.4, -0.2) is 46.9 Å². The summed E-state index contributed by atoms with van der Waals surface area (Å²) < 4.78 is 5.90. The molecule has 0 heterocycles. The standard InChI is InChI=1S/C54H97NO5/c1-4-7-10-13-16-19-22-24-26-28-29-31-34-37-40-43-46-52(57)51(49-56)55-53(58)48-50(45-42-39-36-33-21-18-15-12-9-6-3)60-54(59)47-44-41-38-35-32-30-27-25-23-20-17-14-11-8-5-2/h8,11,14,17-18,20-21,23,25,27,50-52,56-57H,4-7,9-10,12-13,15-16,19,22,24,26,28-49H2,1-3H3,(H,55,58)/b11-8+,17-14+,21-18-,23-20+,27-25-. The number of nitrogens with one attached hydrogen (secondary N) is 1. The summed E-state index contributed by atoms with van der Waals surface area (Å²) in [4.78, 5) is 26.1. The van der Waals surface area contributed by atoms with Crippen molar-refractivity contribution in [3.8, 4) is 0 Å². The Morgan fingerprint density at radius 1 is 0.500 bits per heavy atom. The van der Waals surface area contributed by atoms with Gasteiger partial charge in [0.15, 0.2) is 0 Å². The number of carbonyl (C=O) groups excluding carboxylic acids is 2. The molecule has 0 rings (SSSR count). The first-order chi connectivity index (χ1) is 29.5. The quantitative estimate of drug-likeness (QED) is 0.0246. The lowest BCUT2D eigenvalue weighted by atomic mass is 10.0. The van der Waals surface area contributed by atoms with Crippen molar-refractivity contribution in [2.24, 2.45) is 0 Å². The highest BCUT2D eigenvalue weighted by Gasteiger charge is 2.24. The first kappa shape index (κ1) is 57.6. The fourth-order valence-electron chi connectivity index (χ4n) is 7.55. The SMILES string of the molecule is CC/C=C/C=C/C=C/C=C\CCCCCCCC(=O)OC(CCCCC/C=C\CCCCC)CC(=O)NC(CO)C(O)CCCCCCCCCCCCCCCCCC. The van der Waals surface area contributed by atoms with Crippen LogP contribution in [0.3, 0.4) is 0 Å². The van der Waals surface area contributed by atoms with Gasteiger partial charge in [-0.15, -0.1) is 0 Å². The van der Waals surface area contributed by atoms with E-state index in [0.717, 1.165) is 96.3 Å². The molecule has 0 fully saturated rings. The molecular weight excluding hydrogens is 743 g/mol. The van der Waals surface area contributed by atoms with E-state index in [0.29, 0.717) is 19.3 Å². The molecule has 6 nitrogen and oxygen atoms in total. The molecule has 6 heteroatoms. The predicted molar refractivity (Wildman–Crippen MR) is 259 cm³/mol. The first-order valence-corrected chi connectivity index (χ1v) is 25.6. The maximum atomic E-state index is 13.2. The van der Waals surface area contributed by atoms with Crippen LogP contribution in [0.25, 0.3) is 0 Å². The van der Waals surface area contributed by atoms with Gasteiger partial charge in [-0.05, 0) is 70.6 Å². The van der Waals surface area contributed by atoms with Crippen molar-refractivity contribution in [3.63, 3.8) is 0 Å². The van der Waals surface area contributed by atoms with E-state index < -0.39 is 18.2 Å². The van der Waals surface area contributed by atoms with E-state index in [-0.39, 0.29) is 24.9 Å². The molecular formula is C54H97NO5. The monoisotopic (exact) mass is 840 g/mol. The average molecular weight is 840 g/mol. The van der Waals surface area contributed by atoms with Crippen molar-refractivity contribution in [3.05, 3.63) is 60.8 Å². The predicted octanol–water partition coefficient (Wildman–Crippen LogP) is 15.2. The van der Waals surface area contributed by atoms with Crippen LogP contribution in [0, 0.1) is 0 Å². The summed E-state index contributed by atoms with van der Waals surface area (Å²) >= 11 is 0. The molecule has 3 atom stereocenters. The molecule has 0 aromatic carbocycles. The Morgan fingerprint density at radius 3 is 1.47 bits per heavy atom. The molecule has 0 spiro atoms. The number of allylic oxidation sites excluding steroid dienone is 10. The number of aliphatic hydroxyl groups is 2. The fraction of sp³-hybridized carbons (Fsp3) is 0.778. The number of hydrogen-bond acceptors (Lipinski definition) is 5. The minimum absolute atomic E-state index is 0.0558. The smallest absolute Gasteiger partial charge is 0.306 e. The van der Waals surface area contributed by atoms with Gasteiger partial charge in [0, 0.05) is 6.42 Å². The summed E-state index contributed by atoms with van der Waals surface area (Å²) in [6.07, 6.45) is 58.5. The summed E-state index contributed by atoms with van der Waals surface area (Å²) in [5.74, 6) is -0.517. The number of esters is 1. The number of unbranched alkanes of at least 4 members (excludes halogenated alkanes) is 26. The fourth-order valence-corrected chi connectivity index (χ4v) is 7.55. The zero-order valence-electron chi connectivity index (χ0n) is 39.6. The Labute approximate surface area is 371 Å². The molecule has 0 aromatic heterocycles. The molecule has 0 aromatic rings. The number of ether oxygens (including phenoxy) is 1. The van der Waals surface area contributed by atoms with E-state index in [4.69, 9.17) is 4.74 Å². The maximum Gasteiger partial charge on any atom is 0.306 e. The number of aliphatic hydroxyl groups excluding tert-OH is 2. The van der Waals surface area contributed by atoms with E-state index in [9.17, 15) is 19.8 Å². The Kier molecular flexibility index (Phi) is 45.7. The molecule has 3 N–H and O–H groups in total. The highest BCUT2D eigenvalue weighted by molar-refractivity contribution is 5.77. The second-order valence-corrected chi connectivity index (χ2v) is 17.3. The molecule has 1 amide bonds. The number of hydrogen-bond donors (Lipinski definition) is 3. The molecule has 0 saturated carbocycles. The molecule has 348 valence electrons. The highest BCUT2D eigenvalue weighted by atomic mass is 16.5. The maximum absolute atomic E-state index is 13.2. The third kappa shape index (κ3) is 42.3. The zero-order valence-corrected chi connectivity index (χ0v) is 39.6. The van der Waals surface area contributed by atoms with Gasteiger partial charge in [0.25, 0.3) is 0 Å². The van der Waals surface area contributed by atoms with Gasteiger partial charge < -0.3 is 20.3 Å².